The zero-order chi connectivity index (χ0) is 18.7. The third kappa shape index (κ3) is 3.79. The largest absolute Gasteiger partial charge is 0.504 e. The first-order chi connectivity index (χ1) is 12.5. The molecule has 2 N–H and O–H groups in total. The number of benzene rings is 2. The van der Waals surface area contributed by atoms with Crippen LogP contribution >= 0.6 is 0 Å². The topological polar surface area (TPSA) is 76.4 Å². The third-order valence-corrected chi connectivity index (χ3v) is 4.42. The van der Waals surface area contributed by atoms with Crippen molar-refractivity contribution in [2.45, 2.75) is 26.3 Å². The molecule has 1 amide bonds. The number of aromatic hydroxyl groups is 1. The Kier molecular flexibility index (Phi) is 5.11. The van der Waals surface area contributed by atoms with Crippen LogP contribution in [0.4, 0.5) is 0 Å². The summed E-state index contributed by atoms with van der Waals surface area (Å²) in [5.74, 6) is 0.472. The van der Waals surface area contributed by atoms with Gasteiger partial charge in [-0.2, -0.15) is 5.10 Å². The van der Waals surface area contributed by atoms with Crippen molar-refractivity contribution >= 4 is 16.8 Å². The molecule has 0 radical (unpaired) electrons. The predicted octanol–water partition coefficient (Wildman–Crippen LogP) is 2.84. The van der Waals surface area contributed by atoms with Crippen LogP contribution in [0.5, 0.6) is 11.5 Å². The highest BCUT2D eigenvalue weighted by molar-refractivity contribution is 5.83. The molecule has 0 spiro atoms. The normalized spacial score (nSPS) is 10.9. The lowest BCUT2D eigenvalue weighted by Crippen LogP contribution is -2.23. The summed E-state index contributed by atoms with van der Waals surface area (Å²) in [4.78, 5) is 12.2. The maximum atomic E-state index is 12.2. The van der Waals surface area contributed by atoms with Crippen LogP contribution in [0, 0.1) is 6.92 Å². The Morgan fingerprint density at radius 2 is 2.08 bits per heavy atom. The van der Waals surface area contributed by atoms with Crippen LogP contribution in [0.25, 0.3) is 10.9 Å². The third-order valence-electron chi connectivity index (χ3n) is 4.42. The summed E-state index contributed by atoms with van der Waals surface area (Å²) in [6.07, 6.45) is 0.933. The Bertz CT molecular complexity index is 947. The van der Waals surface area contributed by atoms with E-state index in [1.807, 2.05) is 24.7 Å². The van der Waals surface area contributed by atoms with Gasteiger partial charge in [0.1, 0.15) is 0 Å². The van der Waals surface area contributed by atoms with Gasteiger partial charge in [-0.05, 0) is 43.2 Å². The number of hydrogen-bond acceptors (Lipinski definition) is 4. The molecule has 1 aromatic heterocycles. The second kappa shape index (κ2) is 7.47. The molecule has 26 heavy (non-hydrogen) atoms. The van der Waals surface area contributed by atoms with Gasteiger partial charge in [0.25, 0.3) is 0 Å². The van der Waals surface area contributed by atoms with E-state index in [1.165, 1.54) is 12.7 Å². The zero-order valence-electron chi connectivity index (χ0n) is 15.2. The van der Waals surface area contributed by atoms with Gasteiger partial charge in [-0.25, -0.2) is 0 Å². The van der Waals surface area contributed by atoms with E-state index in [0.29, 0.717) is 25.1 Å². The molecular formula is C20H23N3O3. The van der Waals surface area contributed by atoms with Gasteiger partial charge >= 0.3 is 0 Å². The van der Waals surface area contributed by atoms with E-state index in [2.05, 4.69) is 22.5 Å². The van der Waals surface area contributed by atoms with Gasteiger partial charge in [0, 0.05) is 18.9 Å². The minimum atomic E-state index is -0.0384. The number of aryl methyl sites for hydroxylation is 3. The molecule has 0 aliphatic rings. The molecule has 0 fully saturated rings. The Hall–Kier alpha value is -3.02. The van der Waals surface area contributed by atoms with Gasteiger partial charge in [0.05, 0.1) is 24.9 Å². The molecule has 0 aliphatic carbocycles. The molecule has 0 aliphatic heterocycles. The molecule has 3 rings (SSSR count). The number of hydrogen-bond donors (Lipinski definition) is 2. The number of ether oxygens (including phenoxy) is 1. The molecule has 0 bridgehead atoms. The average Bonchev–Trinajstić information content (AvgIpc) is 2.94. The van der Waals surface area contributed by atoms with E-state index in [4.69, 9.17) is 4.74 Å². The van der Waals surface area contributed by atoms with Crippen molar-refractivity contribution in [3.8, 4) is 11.5 Å². The first-order valence-electron chi connectivity index (χ1n) is 8.52. The summed E-state index contributed by atoms with van der Waals surface area (Å²) in [7, 11) is 3.41. The number of amides is 1. The highest BCUT2D eigenvalue weighted by Crippen LogP contribution is 2.26. The SMILES string of the molecule is COc1cc(CCC(=O)NCc2nn(C)c3ccc(C)cc23)ccc1O. The van der Waals surface area contributed by atoms with E-state index < -0.39 is 0 Å². The molecular weight excluding hydrogens is 330 g/mol. The molecule has 136 valence electrons. The van der Waals surface area contributed by atoms with E-state index in [0.717, 1.165) is 22.2 Å². The second-order valence-electron chi connectivity index (χ2n) is 6.37. The van der Waals surface area contributed by atoms with Crippen LogP contribution in [-0.4, -0.2) is 27.9 Å². The average molecular weight is 353 g/mol. The number of aromatic nitrogens is 2. The van der Waals surface area contributed by atoms with Crippen LogP contribution in [-0.2, 0) is 24.8 Å². The lowest BCUT2D eigenvalue weighted by molar-refractivity contribution is -0.121. The van der Waals surface area contributed by atoms with Crippen LogP contribution in [0.2, 0.25) is 0 Å². The van der Waals surface area contributed by atoms with Crippen LogP contribution in [0.3, 0.4) is 0 Å². The summed E-state index contributed by atoms with van der Waals surface area (Å²) in [6, 6.07) is 11.3. The van der Waals surface area contributed by atoms with Crippen molar-refractivity contribution in [2.75, 3.05) is 7.11 Å². The van der Waals surface area contributed by atoms with Crippen molar-refractivity contribution in [1.29, 1.82) is 0 Å². The fourth-order valence-corrected chi connectivity index (χ4v) is 2.99. The standard InChI is InChI=1S/C20H23N3O3/c1-13-4-7-17-15(10-13)16(22-23(17)2)12-21-20(25)9-6-14-5-8-18(24)19(11-14)26-3/h4-5,7-8,10-11,24H,6,9,12H2,1-3H3,(H,21,25). The number of nitrogens with zero attached hydrogens (tertiary/aromatic N) is 2. The molecule has 0 saturated carbocycles. The molecule has 6 nitrogen and oxygen atoms in total. The van der Waals surface area contributed by atoms with Gasteiger partial charge < -0.3 is 15.2 Å². The van der Waals surface area contributed by atoms with Crippen molar-refractivity contribution in [1.82, 2.24) is 15.1 Å². The fraction of sp³-hybridized carbons (Fsp3) is 0.300. The quantitative estimate of drug-likeness (QED) is 0.714. The van der Waals surface area contributed by atoms with Crippen molar-refractivity contribution in [3.05, 3.63) is 53.2 Å². The Labute approximate surface area is 152 Å². The highest BCUT2D eigenvalue weighted by atomic mass is 16.5. The Balaban J connectivity index is 1.60. The predicted molar refractivity (Wildman–Crippen MR) is 100 cm³/mol. The smallest absolute Gasteiger partial charge is 0.220 e. The number of nitrogens with one attached hydrogen (secondary N) is 1. The molecule has 0 saturated heterocycles. The monoisotopic (exact) mass is 353 g/mol. The zero-order valence-corrected chi connectivity index (χ0v) is 15.2. The van der Waals surface area contributed by atoms with Gasteiger partial charge in [-0.3, -0.25) is 9.48 Å². The summed E-state index contributed by atoms with van der Waals surface area (Å²) in [5.41, 5.74) is 4.02. The number of phenolic OH excluding ortho intramolecular Hbond substituents is 1. The highest BCUT2D eigenvalue weighted by Gasteiger charge is 2.11. The maximum Gasteiger partial charge on any atom is 0.220 e. The number of carbonyl (C=O) groups is 1. The number of rotatable bonds is 6. The van der Waals surface area contributed by atoms with E-state index in [-0.39, 0.29) is 11.7 Å². The number of methoxy groups -OCH3 is 1. The Morgan fingerprint density at radius 3 is 2.85 bits per heavy atom. The van der Waals surface area contributed by atoms with Gasteiger partial charge in [-0.1, -0.05) is 17.7 Å². The van der Waals surface area contributed by atoms with E-state index in [9.17, 15) is 9.90 Å². The number of phenols is 1. The summed E-state index contributed by atoms with van der Waals surface area (Å²) in [5, 5.41) is 18.1. The van der Waals surface area contributed by atoms with Crippen LogP contribution in [0.15, 0.2) is 36.4 Å². The molecule has 0 atom stereocenters. The van der Waals surface area contributed by atoms with E-state index >= 15 is 0 Å². The van der Waals surface area contributed by atoms with E-state index in [1.54, 1.807) is 18.2 Å². The minimum absolute atomic E-state index is 0.0384. The minimum Gasteiger partial charge on any atom is -0.504 e. The van der Waals surface area contributed by atoms with Crippen LogP contribution in [0.1, 0.15) is 23.2 Å². The lowest BCUT2D eigenvalue weighted by Gasteiger charge is -2.07. The molecule has 2 aromatic carbocycles. The number of fused-ring (bicyclic) bond motifs is 1. The van der Waals surface area contributed by atoms with Crippen molar-refractivity contribution in [3.63, 3.8) is 0 Å². The molecule has 6 heteroatoms. The fourth-order valence-electron chi connectivity index (χ4n) is 2.99. The first kappa shape index (κ1) is 17.8. The molecule has 3 aromatic rings. The lowest BCUT2D eigenvalue weighted by atomic mass is 10.1. The number of carbonyl (C=O) groups excluding carboxylic acids is 1. The molecule has 1 heterocycles. The summed E-state index contributed by atoms with van der Waals surface area (Å²) in [6.45, 7) is 2.44. The summed E-state index contributed by atoms with van der Waals surface area (Å²) < 4.78 is 6.92. The van der Waals surface area contributed by atoms with Crippen molar-refractivity contribution < 1.29 is 14.6 Å². The van der Waals surface area contributed by atoms with Crippen molar-refractivity contribution in [2.24, 2.45) is 7.05 Å². The molecule has 0 unspecified atom stereocenters. The van der Waals surface area contributed by atoms with Gasteiger partial charge in [0.15, 0.2) is 11.5 Å². The Morgan fingerprint density at radius 1 is 1.27 bits per heavy atom. The first-order valence-corrected chi connectivity index (χ1v) is 8.52. The maximum absolute atomic E-state index is 12.2. The van der Waals surface area contributed by atoms with Gasteiger partial charge in [0.2, 0.25) is 5.91 Å². The second-order valence-corrected chi connectivity index (χ2v) is 6.37. The van der Waals surface area contributed by atoms with Gasteiger partial charge in [-0.15, -0.1) is 0 Å². The summed E-state index contributed by atoms with van der Waals surface area (Å²) >= 11 is 0. The van der Waals surface area contributed by atoms with Crippen LogP contribution < -0.4 is 10.1 Å².